The molecule has 0 atom stereocenters. The summed E-state index contributed by atoms with van der Waals surface area (Å²) in [5.41, 5.74) is 2.09. The van der Waals surface area contributed by atoms with Crippen LogP contribution < -0.4 is 19.7 Å². The second-order valence-corrected chi connectivity index (χ2v) is 6.39. The number of ether oxygens (including phenoxy) is 2. The number of anilines is 1. The molecule has 0 unspecified atom stereocenters. The normalized spacial score (nSPS) is 15.0. The molecule has 2 aromatic rings. The van der Waals surface area contributed by atoms with Gasteiger partial charge in [0.15, 0.2) is 16.6 Å². The summed E-state index contributed by atoms with van der Waals surface area (Å²) < 4.78 is 10.7. The summed E-state index contributed by atoms with van der Waals surface area (Å²) in [6.45, 7) is 6.18. The SMILES string of the molecule is COc1ccc(-c2nc(N3CCNCC3)sc2C)cc1OC. The number of nitrogens with zero attached hydrogens (tertiary/aromatic N) is 2. The van der Waals surface area contributed by atoms with Crippen molar-refractivity contribution in [3.8, 4) is 22.8 Å². The van der Waals surface area contributed by atoms with Gasteiger partial charge in [-0.05, 0) is 25.1 Å². The van der Waals surface area contributed by atoms with E-state index in [1.165, 1.54) is 4.88 Å². The quantitative estimate of drug-likeness (QED) is 0.938. The summed E-state index contributed by atoms with van der Waals surface area (Å²) in [6.07, 6.45) is 0. The second kappa shape index (κ2) is 6.54. The number of nitrogens with one attached hydrogen (secondary N) is 1. The fourth-order valence-corrected chi connectivity index (χ4v) is 3.61. The highest BCUT2D eigenvalue weighted by atomic mass is 32.1. The zero-order valence-electron chi connectivity index (χ0n) is 13.2. The Balaban J connectivity index is 1.93. The van der Waals surface area contributed by atoms with Crippen molar-refractivity contribution in [2.75, 3.05) is 45.3 Å². The van der Waals surface area contributed by atoms with Crippen LogP contribution in [0.15, 0.2) is 18.2 Å². The Morgan fingerprint density at radius 2 is 1.86 bits per heavy atom. The molecule has 1 N–H and O–H groups in total. The Labute approximate surface area is 134 Å². The topological polar surface area (TPSA) is 46.6 Å². The monoisotopic (exact) mass is 319 g/mol. The minimum Gasteiger partial charge on any atom is -0.493 e. The molecule has 118 valence electrons. The molecule has 0 spiro atoms. The van der Waals surface area contributed by atoms with E-state index in [-0.39, 0.29) is 0 Å². The van der Waals surface area contributed by atoms with Crippen molar-refractivity contribution in [1.29, 1.82) is 0 Å². The van der Waals surface area contributed by atoms with Crippen LogP contribution >= 0.6 is 11.3 Å². The van der Waals surface area contributed by atoms with Crippen LogP contribution in [0, 0.1) is 6.92 Å². The first kappa shape index (κ1) is 15.1. The van der Waals surface area contributed by atoms with Gasteiger partial charge in [-0.3, -0.25) is 0 Å². The van der Waals surface area contributed by atoms with Crippen LogP contribution in [-0.4, -0.2) is 45.4 Å². The Morgan fingerprint density at radius 3 is 2.55 bits per heavy atom. The van der Waals surface area contributed by atoms with E-state index in [4.69, 9.17) is 14.5 Å². The molecule has 2 heterocycles. The maximum atomic E-state index is 5.39. The van der Waals surface area contributed by atoms with Crippen molar-refractivity contribution in [2.24, 2.45) is 0 Å². The van der Waals surface area contributed by atoms with Crippen LogP contribution in [0.25, 0.3) is 11.3 Å². The third-order valence-electron chi connectivity index (χ3n) is 3.83. The summed E-state index contributed by atoms with van der Waals surface area (Å²) in [7, 11) is 3.30. The van der Waals surface area contributed by atoms with Crippen LogP contribution in [0.5, 0.6) is 11.5 Å². The van der Waals surface area contributed by atoms with E-state index >= 15 is 0 Å². The number of aryl methyl sites for hydroxylation is 1. The van der Waals surface area contributed by atoms with E-state index < -0.39 is 0 Å². The zero-order valence-corrected chi connectivity index (χ0v) is 14.0. The molecule has 1 aromatic heterocycles. The van der Waals surface area contributed by atoms with Crippen molar-refractivity contribution in [1.82, 2.24) is 10.3 Å². The Hall–Kier alpha value is -1.79. The predicted octanol–water partition coefficient (Wildman–Crippen LogP) is 2.55. The van der Waals surface area contributed by atoms with E-state index in [1.807, 2.05) is 18.2 Å². The van der Waals surface area contributed by atoms with E-state index in [0.717, 1.165) is 54.1 Å². The Morgan fingerprint density at radius 1 is 1.14 bits per heavy atom. The Bertz CT molecular complexity index is 651. The van der Waals surface area contributed by atoms with Crippen molar-refractivity contribution >= 4 is 16.5 Å². The van der Waals surface area contributed by atoms with Crippen LogP contribution in [0.1, 0.15) is 4.88 Å². The molecule has 1 aliphatic rings. The maximum Gasteiger partial charge on any atom is 0.186 e. The minimum atomic E-state index is 0.733. The van der Waals surface area contributed by atoms with Gasteiger partial charge in [0, 0.05) is 36.6 Å². The molecule has 0 radical (unpaired) electrons. The first-order chi connectivity index (χ1) is 10.7. The van der Waals surface area contributed by atoms with E-state index in [9.17, 15) is 0 Å². The van der Waals surface area contributed by atoms with E-state index in [2.05, 4.69) is 17.1 Å². The van der Waals surface area contributed by atoms with Gasteiger partial charge < -0.3 is 19.7 Å². The average Bonchev–Trinajstić information content (AvgIpc) is 2.97. The third-order valence-corrected chi connectivity index (χ3v) is 4.86. The van der Waals surface area contributed by atoms with E-state index in [0.29, 0.717) is 0 Å². The van der Waals surface area contributed by atoms with Gasteiger partial charge >= 0.3 is 0 Å². The fourth-order valence-electron chi connectivity index (χ4n) is 2.63. The highest BCUT2D eigenvalue weighted by molar-refractivity contribution is 7.16. The lowest BCUT2D eigenvalue weighted by molar-refractivity contribution is 0.355. The maximum absolute atomic E-state index is 5.39. The van der Waals surface area contributed by atoms with Gasteiger partial charge in [-0.2, -0.15) is 0 Å². The van der Waals surface area contributed by atoms with Crippen LogP contribution in [0.3, 0.4) is 0 Å². The standard InChI is InChI=1S/C16H21N3O2S/c1-11-15(12-4-5-13(20-2)14(10-12)21-3)18-16(22-11)19-8-6-17-7-9-19/h4-5,10,17H,6-9H2,1-3H3. The molecule has 1 aromatic carbocycles. The van der Waals surface area contributed by atoms with Crippen molar-refractivity contribution < 1.29 is 9.47 Å². The minimum absolute atomic E-state index is 0.733. The van der Waals surface area contributed by atoms with Crippen LogP contribution in [0.2, 0.25) is 0 Å². The lowest BCUT2D eigenvalue weighted by Gasteiger charge is -2.26. The van der Waals surface area contributed by atoms with Crippen molar-refractivity contribution in [2.45, 2.75) is 6.92 Å². The summed E-state index contributed by atoms with van der Waals surface area (Å²) in [6, 6.07) is 5.95. The molecule has 1 aliphatic heterocycles. The highest BCUT2D eigenvalue weighted by Gasteiger charge is 2.18. The molecule has 1 fully saturated rings. The van der Waals surface area contributed by atoms with Gasteiger partial charge in [-0.25, -0.2) is 4.98 Å². The summed E-state index contributed by atoms with van der Waals surface area (Å²) in [4.78, 5) is 8.42. The van der Waals surface area contributed by atoms with Gasteiger partial charge in [0.2, 0.25) is 0 Å². The lowest BCUT2D eigenvalue weighted by Crippen LogP contribution is -2.43. The predicted molar refractivity (Wildman–Crippen MR) is 90.5 cm³/mol. The van der Waals surface area contributed by atoms with E-state index in [1.54, 1.807) is 25.6 Å². The summed E-state index contributed by atoms with van der Waals surface area (Å²) in [5.74, 6) is 1.47. The molecule has 0 amide bonds. The second-order valence-electron chi connectivity index (χ2n) is 5.21. The third kappa shape index (κ3) is 2.89. The van der Waals surface area contributed by atoms with Crippen LogP contribution in [-0.2, 0) is 0 Å². The first-order valence-corrected chi connectivity index (χ1v) is 8.20. The van der Waals surface area contributed by atoms with Gasteiger partial charge in [0.25, 0.3) is 0 Å². The van der Waals surface area contributed by atoms with Gasteiger partial charge in [0.05, 0.1) is 19.9 Å². The molecule has 0 bridgehead atoms. The number of benzene rings is 1. The lowest BCUT2D eigenvalue weighted by atomic mass is 10.1. The molecule has 5 nitrogen and oxygen atoms in total. The number of thiazole rings is 1. The number of aromatic nitrogens is 1. The summed E-state index contributed by atoms with van der Waals surface area (Å²) >= 11 is 1.75. The number of methoxy groups -OCH3 is 2. The van der Waals surface area contributed by atoms with Gasteiger partial charge in [0.1, 0.15) is 0 Å². The average molecular weight is 319 g/mol. The molecule has 3 rings (SSSR count). The molecule has 1 saturated heterocycles. The number of hydrogen-bond acceptors (Lipinski definition) is 6. The largest absolute Gasteiger partial charge is 0.493 e. The van der Waals surface area contributed by atoms with Gasteiger partial charge in [-0.1, -0.05) is 0 Å². The molecular formula is C16H21N3O2S. The molecule has 0 saturated carbocycles. The highest BCUT2D eigenvalue weighted by Crippen LogP contribution is 2.36. The zero-order chi connectivity index (χ0) is 15.5. The van der Waals surface area contributed by atoms with Crippen molar-refractivity contribution in [3.05, 3.63) is 23.1 Å². The van der Waals surface area contributed by atoms with Crippen LogP contribution in [0.4, 0.5) is 5.13 Å². The number of piperazine rings is 1. The number of rotatable bonds is 4. The first-order valence-electron chi connectivity index (χ1n) is 7.38. The smallest absolute Gasteiger partial charge is 0.186 e. The van der Waals surface area contributed by atoms with Crippen molar-refractivity contribution in [3.63, 3.8) is 0 Å². The number of hydrogen-bond donors (Lipinski definition) is 1. The summed E-state index contributed by atoms with van der Waals surface area (Å²) in [5, 5.41) is 4.47. The molecular weight excluding hydrogens is 298 g/mol. The molecule has 0 aliphatic carbocycles. The Kier molecular flexibility index (Phi) is 4.49. The fraction of sp³-hybridized carbons (Fsp3) is 0.438. The molecule has 6 heteroatoms. The molecule has 22 heavy (non-hydrogen) atoms. The van der Waals surface area contributed by atoms with Gasteiger partial charge in [-0.15, -0.1) is 11.3 Å².